The molecule has 0 aliphatic rings. The van der Waals surface area contributed by atoms with Gasteiger partial charge in [-0.25, -0.2) is 4.98 Å². The standard InChI is InChI=1S/C14H14N8O3/c1-20(2)14-18-11(17-13(15)19-14)6-21-7-16-10-5-8(22(24)25)3-4-9(10)12(21)23/h3-5,7H,6H2,1-2H3,(H2,15,17,18,19). The van der Waals surface area contributed by atoms with Crippen LogP contribution in [-0.2, 0) is 6.54 Å². The summed E-state index contributed by atoms with van der Waals surface area (Å²) in [5, 5.41) is 11.1. The second-order valence-corrected chi connectivity index (χ2v) is 5.44. The number of aromatic nitrogens is 5. The highest BCUT2D eigenvalue weighted by molar-refractivity contribution is 5.79. The van der Waals surface area contributed by atoms with E-state index in [4.69, 9.17) is 5.73 Å². The first kappa shape index (κ1) is 16.2. The summed E-state index contributed by atoms with van der Waals surface area (Å²) < 4.78 is 1.31. The van der Waals surface area contributed by atoms with E-state index in [0.29, 0.717) is 11.8 Å². The van der Waals surface area contributed by atoms with Crippen LogP contribution in [0.25, 0.3) is 10.9 Å². The predicted molar refractivity (Wildman–Crippen MR) is 90.3 cm³/mol. The highest BCUT2D eigenvalue weighted by Crippen LogP contribution is 2.16. The Hall–Kier alpha value is -3.63. The number of benzene rings is 1. The van der Waals surface area contributed by atoms with Crippen molar-refractivity contribution >= 4 is 28.5 Å². The van der Waals surface area contributed by atoms with E-state index in [1.54, 1.807) is 19.0 Å². The molecule has 0 aliphatic carbocycles. The number of nitrogens with two attached hydrogens (primary N) is 1. The SMILES string of the molecule is CN(C)c1nc(N)nc(Cn2cnc3cc([N+](=O)[O-])ccc3c2=O)n1. The summed E-state index contributed by atoms with van der Waals surface area (Å²) in [5.41, 5.74) is 5.44. The lowest BCUT2D eigenvalue weighted by atomic mass is 10.2. The maximum Gasteiger partial charge on any atom is 0.271 e. The minimum Gasteiger partial charge on any atom is -0.368 e. The number of fused-ring (bicyclic) bond motifs is 1. The normalized spacial score (nSPS) is 10.8. The molecule has 11 nitrogen and oxygen atoms in total. The van der Waals surface area contributed by atoms with E-state index < -0.39 is 4.92 Å². The Morgan fingerprint density at radius 2 is 2.04 bits per heavy atom. The Bertz CT molecular complexity index is 1030. The van der Waals surface area contributed by atoms with Gasteiger partial charge in [-0.05, 0) is 6.07 Å². The van der Waals surface area contributed by atoms with Gasteiger partial charge in [0.25, 0.3) is 11.2 Å². The van der Waals surface area contributed by atoms with Crippen molar-refractivity contribution in [2.24, 2.45) is 0 Å². The summed E-state index contributed by atoms with van der Waals surface area (Å²) in [5.74, 6) is 0.729. The van der Waals surface area contributed by atoms with E-state index in [9.17, 15) is 14.9 Å². The smallest absolute Gasteiger partial charge is 0.271 e. The van der Waals surface area contributed by atoms with E-state index in [-0.39, 0.29) is 34.6 Å². The Kier molecular flexibility index (Phi) is 3.97. The fourth-order valence-electron chi connectivity index (χ4n) is 2.22. The Morgan fingerprint density at radius 3 is 2.72 bits per heavy atom. The molecule has 0 amide bonds. The van der Waals surface area contributed by atoms with Gasteiger partial charge in [0.1, 0.15) is 0 Å². The molecule has 1 aromatic carbocycles. The third-order valence-electron chi connectivity index (χ3n) is 3.42. The molecular weight excluding hydrogens is 328 g/mol. The third-order valence-corrected chi connectivity index (χ3v) is 3.42. The van der Waals surface area contributed by atoms with Crippen molar-refractivity contribution in [3.8, 4) is 0 Å². The zero-order chi connectivity index (χ0) is 18.1. The maximum atomic E-state index is 12.6. The number of non-ortho nitro benzene ring substituents is 1. The number of hydrogen-bond acceptors (Lipinski definition) is 9. The molecule has 11 heteroatoms. The molecule has 128 valence electrons. The van der Waals surface area contributed by atoms with Crippen molar-refractivity contribution in [2.45, 2.75) is 6.54 Å². The molecule has 0 saturated carbocycles. The number of rotatable bonds is 4. The second kappa shape index (κ2) is 6.11. The van der Waals surface area contributed by atoms with Gasteiger partial charge in [-0.2, -0.15) is 15.0 Å². The van der Waals surface area contributed by atoms with Crippen LogP contribution in [0.5, 0.6) is 0 Å². The van der Waals surface area contributed by atoms with E-state index in [0.717, 1.165) is 0 Å². The van der Waals surface area contributed by atoms with Gasteiger partial charge >= 0.3 is 0 Å². The molecule has 25 heavy (non-hydrogen) atoms. The van der Waals surface area contributed by atoms with Crippen molar-refractivity contribution in [3.63, 3.8) is 0 Å². The fourth-order valence-corrected chi connectivity index (χ4v) is 2.22. The first-order chi connectivity index (χ1) is 11.8. The minimum absolute atomic E-state index is 0.0473. The number of anilines is 2. The van der Waals surface area contributed by atoms with Crippen LogP contribution in [0.4, 0.5) is 17.6 Å². The number of nitro benzene ring substituents is 1. The van der Waals surface area contributed by atoms with Gasteiger partial charge in [0, 0.05) is 26.2 Å². The van der Waals surface area contributed by atoms with Gasteiger partial charge in [-0.15, -0.1) is 0 Å². The highest BCUT2D eigenvalue weighted by Gasteiger charge is 2.12. The summed E-state index contributed by atoms with van der Waals surface area (Å²) in [4.78, 5) is 40.9. The zero-order valence-electron chi connectivity index (χ0n) is 13.4. The molecule has 2 aromatic heterocycles. The van der Waals surface area contributed by atoms with Crippen molar-refractivity contribution in [2.75, 3.05) is 24.7 Å². The molecule has 0 radical (unpaired) electrons. The maximum absolute atomic E-state index is 12.6. The Balaban J connectivity index is 2.03. The molecule has 2 heterocycles. The van der Waals surface area contributed by atoms with Crippen LogP contribution in [-0.4, -0.2) is 43.5 Å². The molecule has 0 bridgehead atoms. The molecule has 0 saturated heterocycles. The molecule has 0 unspecified atom stereocenters. The summed E-state index contributed by atoms with van der Waals surface area (Å²) in [6.07, 6.45) is 1.30. The molecule has 0 atom stereocenters. The van der Waals surface area contributed by atoms with Crippen molar-refractivity contribution in [1.29, 1.82) is 0 Å². The zero-order valence-corrected chi connectivity index (χ0v) is 13.4. The Labute approximate surface area is 140 Å². The number of hydrogen-bond donors (Lipinski definition) is 1. The molecular formula is C14H14N8O3. The highest BCUT2D eigenvalue weighted by atomic mass is 16.6. The monoisotopic (exact) mass is 342 g/mol. The first-order valence-corrected chi connectivity index (χ1v) is 7.16. The number of nitrogens with zero attached hydrogens (tertiary/aromatic N) is 7. The van der Waals surface area contributed by atoms with Gasteiger partial charge in [0.05, 0.1) is 28.7 Å². The molecule has 3 aromatic rings. The molecule has 0 aliphatic heterocycles. The van der Waals surface area contributed by atoms with Gasteiger partial charge in [0.15, 0.2) is 5.82 Å². The summed E-state index contributed by atoms with van der Waals surface area (Å²) in [7, 11) is 3.52. The van der Waals surface area contributed by atoms with Crippen LogP contribution >= 0.6 is 0 Å². The minimum atomic E-state index is -0.539. The molecule has 0 spiro atoms. The van der Waals surface area contributed by atoms with Gasteiger partial charge in [-0.1, -0.05) is 0 Å². The van der Waals surface area contributed by atoms with Crippen LogP contribution in [0.1, 0.15) is 5.82 Å². The van der Waals surface area contributed by atoms with Crippen LogP contribution in [0.2, 0.25) is 0 Å². The van der Waals surface area contributed by atoms with Crippen molar-refractivity contribution < 1.29 is 4.92 Å². The van der Waals surface area contributed by atoms with Crippen molar-refractivity contribution in [3.05, 3.63) is 50.8 Å². The largest absolute Gasteiger partial charge is 0.368 e. The van der Waals surface area contributed by atoms with E-state index in [2.05, 4.69) is 19.9 Å². The average molecular weight is 342 g/mol. The fraction of sp³-hybridized carbons (Fsp3) is 0.214. The Morgan fingerprint density at radius 1 is 1.28 bits per heavy atom. The lowest BCUT2D eigenvalue weighted by molar-refractivity contribution is -0.384. The third kappa shape index (κ3) is 3.20. The quantitative estimate of drug-likeness (QED) is 0.518. The predicted octanol–water partition coefficient (Wildman–Crippen LogP) is 0.186. The number of nitrogen functional groups attached to an aromatic ring is 1. The second-order valence-electron chi connectivity index (χ2n) is 5.44. The van der Waals surface area contributed by atoms with Crippen LogP contribution in [0.3, 0.4) is 0 Å². The van der Waals surface area contributed by atoms with Gasteiger partial charge in [-0.3, -0.25) is 19.5 Å². The average Bonchev–Trinajstić information content (AvgIpc) is 2.56. The first-order valence-electron chi connectivity index (χ1n) is 7.16. The van der Waals surface area contributed by atoms with Gasteiger partial charge < -0.3 is 10.6 Å². The van der Waals surface area contributed by atoms with Crippen LogP contribution in [0.15, 0.2) is 29.3 Å². The lowest BCUT2D eigenvalue weighted by Gasteiger charge is -2.12. The summed E-state index contributed by atoms with van der Waals surface area (Å²) in [6, 6.07) is 3.90. The number of nitro groups is 1. The van der Waals surface area contributed by atoms with Crippen LogP contribution < -0.4 is 16.2 Å². The van der Waals surface area contributed by atoms with E-state index in [1.165, 1.54) is 29.1 Å². The van der Waals surface area contributed by atoms with Crippen molar-refractivity contribution in [1.82, 2.24) is 24.5 Å². The molecule has 0 fully saturated rings. The van der Waals surface area contributed by atoms with E-state index in [1.807, 2.05) is 0 Å². The summed E-state index contributed by atoms with van der Waals surface area (Å²) in [6.45, 7) is 0.0479. The van der Waals surface area contributed by atoms with E-state index >= 15 is 0 Å². The molecule has 2 N–H and O–H groups in total. The van der Waals surface area contributed by atoms with Crippen LogP contribution in [0, 0.1) is 10.1 Å². The lowest BCUT2D eigenvalue weighted by Crippen LogP contribution is -2.23. The summed E-state index contributed by atoms with van der Waals surface area (Å²) >= 11 is 0. The van der Waals surface area contributed by atoms with Gasteiger partial charge in [0.2, 0.25) is 11.9 Å². The molecule has 3 rings (SSSR count). The topological polar surface area (TPSA) is 146 Å².